The summed E-state index contributed by atoms with van der Waals surface area (Å²) < 4.78 is 0. The molecule has 1 aromatic carbocycles. The maximum atomic E-state index is 11.7. The van der Waals surface area contributed by atoms with Gasteiger partial charge in [0.15, 0.2) is 0 Å². The number of unbranched alkanes of at least 4 members (excludes halogenated alkanes) is 3. The molecule has 21 heavy (non-hydrogen) atoms. The summed E-state index contributed by atoms with van der Waals surface area (Å²) in [6, 6.07) is 2.07. The highest BCUT2D eigenvalue weighted by Gasteiger charge is 2.14. The summed E-state index contributed by atoms with van der Waals surface area (Å²) in [5.41, 5.74) is 0.171. The number of amides is 2. The van der Waals surface area contributed by atoms with Gasteiger partial charge in [0.05, 0.1) is 21.3 Å². The van der Waals surface area contributed by atoms with E-state index in [1.165, 1.54) is 12.1 Å². The molecule has 1 aromatic rings. The quantitative estimate of drug-likeness (QED) is 0.647. The van der Waals surface area contributed by atoms with Gasteiger partial charge in [-0.05, 0) is 18.6 Å². The van der Waals surface area contributed by atoms with Crippen LogP contribution in [0.5, 0.6) is 0 Å². The Labute approximate surface area is 133 Å². The Kier molecular flexibility index (Phi) is 7.32. The lowest BCUT2D eigenvalue weighted by molar-refractivity contribution is 0.0697. The zero-order chi connectivity index (χ0) is 15.8. The number of carbonyl (C=O) groups is 2. The standard InChI is InChI=1S/C14H18Cl2N2O3/c1-2-3-4-5-6-17-14(21)18-12-10(15)7-9(13(19)20)8-11(12)16/h7-8H,2-6H2,1H3,(H,19,20)(H2,17,18,21). The molecule has 7 heteroatoms. The fraction of sp³-hybridized carbons (Fsp3) is 0.429. The van der Waals surface area contributed by atoms with Crippen molar-refractivity contribution in [2.24, 2.45) is 0 Å². The van der Waals surface area contributed by atoms with Crippen molar-refractivity contribution in [1.82, 2.24) is 5.32 Å². The maximum absolute atomic E-state index is 11.7. The molecule has 0 aromatic heterocycles. The molecule has 116 valence electrons. The third-order valence-corrected chi connectivity index (χ3v) is 3.44. The molecule has 0 aliphatic heterocycles. The average molecular weight is 333 g/mol. The molecule has 1 rings (SSSR count). The van der Waals surface area contributed by atoms with Crippen molar-refractivity contribution < 1.29 is 14.7 Å². The summed E-state index contributed by atoms with van der Waals surface area (Å²) >= 11 is 11.9. The zero-order valence-corrected chi connectivity index (χ0v) is 13.2. The van der Waals surface area contributed by atoms with Crippen LogP contribution in [0.4, 0.5) is 10.5 Å². The molecule has 0 spiro atoms. The summed E-state index contributed by atoms with van der Waals surface area (Å²) in [6.07, 6.45) is 4.23. The van der Waals surface area contributed by atoms with Crippen LogP contribution in [-0.2, 0) is 0 Å². The van der Waals surface area contributed by atoms with Crippen LogP contribution >= 0.6 is 23.2 Å². The van der Waals surface area contributed by atoms with Crippen LogP contribution in [0.25, 0.3) is 0 Å². The number of urea groups is 1. The van der Waals surface area contributed by atoms with Gasteiger partial charge in [-0.3, -0.25) is 0 Å². The van der Waals surface area contributed by atoms with Crippen LogP contribution in [0.2, 0.25) is 10.0 Å². The van der Waals surface area contributed by atoms with Gasteiger partial charge < -0.3 is 15.7 Å². The normalized spacial score (nSPS) is 10.2. The van der Waals surface area contributed by atoms with Crippen LogP contribution in [0.3, 0.4) is 0 Å². The van der Waals surface area contributed by atoms with E-state index < -0.39 is 12.0 Å². The van der Waals surface area contributed by atoms with Crippen LogP contribution in [0.1, 0.15) is 43.0 Å². The predicted octanol–water partition coefficient (Wildman–Crippen LogP) is 4.39. The Morgan fingerprint density at radius 1 is 1.14 bits per heavy atom. The second kappa shape index (κ2) is 8.74. The average Bonchev–Trinajstić information content (AvgIpc) is 2.42. The molecule has 0 fully saturated rings. The third kappa shape index (κ3) is 5.81. The van der Waals surface area contributed by atoms with Crippen LogP contribution in [-0.4, -0.2) is 23.7 Å². The Morgan fingerprint density at radius 2 is 1.76 bits per heavy atom. The van der Waals surface area contributed by atoms with Crippen LogP contribution in [0.15, 0.2) is 12.1 Å². The molecule has 0 radical (unpaired) electrons. The smallest absolute Gasteiger partial charge is 0.335 e. The van der Waals surface area contributed by atoms with E-state index in [0.29, 0.717) is 6.54 Å². The van der Waals surface area contributed by atoms with Gasteiger partial charge in [0.25, 0.3) is 0 Å². The fourth-order valence-electron chi connectivity index (χ4n) is 1.73. The Balaban J connectivity index is 2.58. The van der Waals surface area contributed by atoms with E-state index in [1.54, 1.807) is 0 Å². The molecule has 2 amide bonds. The number of carbonyl (C=O) groups excluding carboxylic acids is 1. The number of halogens is 2. The summed E-state index contributed by atoms with van der Waals surface area (Å²) in [5.74, 6) is -1.13. The maximum Gasteiger partial charge on any atom is 0.335 e. The van der Waals surface area contributed by atoms with Crippen molar-refractivity contribution >= 4 is 40.9 Å². The highest BCUT2D eigenvalue weighted by atomic mass is 35.5. The lowest BCUT2D eigenvalue weighted by Crippen LogP contribution is -2.29. The number of hydrogen-bond acceptors (Lipinski definition) is 2. The number of carboxylic acid groups (broad SMARTS) is 1. The van der Waals surface area contributed by atoms with E-state index in [2.05, 4.69) is 17.6 Å². The summed E-state index contributed by atoms with van der Waals surface area (Å²) in [7, 11) is 0. The highest BCUT2D eigenvalue weighted by molar-refractivity contribution is 6.40. The van der Waals surface area contributed by atoms with Gasteiger partial charge in [-0.2, -0.15) is 0 Å². The van der Waals surface area contributed by atoms with Gasteiger partial charge >= 0.3 is 12.0 Å². The van der Waals surface area contributed by atoms with Crippen molar-refractivity contribution in [3.8, 4) is 0 Å². The first kappa shape index (κ1) is 17.6. The first-order valence-electron chi connectivity index (χ1n) is 6.73. The number of benzene rings is 1. The van der Waals surface area contributed by atoms with Crippen molar-refractivity contribution in [2.75, 3.05) is 11.9 Å². The molecule has 0 aliphatic rings. The third-order valence-electron chi connectivity index (χ3n) is 2.84. The van der Waals surface area contributed by atoms with Crippen molar-refractivity contribution in [3.05, 3.63) is 27.7 Å². The van der Waals surface area contributed by atoms with E-state index in [-0.39, 0.29) is 21.3 Å². The number of aromatic carboxylic acids is 1. The van der Waals surface area contributed by atoms with Gasteiger partial charge in [-0.1, -0.05) is 49.4 Å². The summed E-state index contributed by atoms with van der Waals surface area (Å²) in [6.45, 7) is 2.68. The minimum absolute atomic E-state index is 0.0319. The molecule has 5 nitrogen and oxygen atoms in total. The topological polar surface area (TPSA) is 78.4 Å². The van der Waals surface area contributed by atoms with Crippen LogP contribution in [0, 0.1) is 0 Å². The molecular weight excluding hydrogens is 315 g/mol. The second-order valence-electron chi connectivity index (χ2n) is 4.56. The molecule has 0 atom stereocenters. The Hall–Kier alpha value is -1.46. The predicted molar refractivity (Wildman–Crippen MR) is 84.6 cm³/mol. The van der Waals surface area contributed by atoms with Gasteiger partial charge in [0.1, 0.15) is 0 Å². The molecule has 0 bridgehead atoms. The number of carboxylic acids is 1. The molecule has 0 unspecified atom stereocenters. The molecule has 0 heterocycles. The van der Waals surface area contributed by atoms with Crippen molar-refractivity contribution in [2.45, 2.75) is 32.6 Å². The SMILES string of the molecule is CCCCCCNC(=O)Nc1c(Cl)cc(C(=O)O)cc1Cl. The largest absolute Gasteiger partial charge is 0.478 e. The molecule has 0 aliphatic carbocycles. The van der Waals surface area contributed by atoms with E-state index in [9.17, 15) is 9.59 Å². The molecule has 0 saturated heterocycles. The second-order valence-corrected chi connectivity index (χ2v) is 5.38. The minimum atomic E-state index is -1.13. The molecule has 3 N–H and O–H groups in total. The number of anilines is 1. The van der Waals surface area contributed by atoms with E-state index in [0.717, 1.165) is 25.7 Å². The first-order valence-corrected chi connectivity index (χ1v) is 7.48. The van der Waals surface area contributed by atoms with E-state index in [4.69, 9.17) is 28.3 Å². The number of hydrogen-bond donors (Lipinski definition) is 3. The van der Waals surface area contributed by atoms with Gasteiger partial charge in [-0.15, -0.1) is 0 Å². The lowest BCUT2D eigenvalue weighted by Gasteiger charge is -2.11. The van der Waals surface area contributed by atoms with E-state index in [1.807, 2.05) is 0 Å². The fourth-order valence-corrected chi connectivity index (χ4v) is 2.31. The van der Waals surface area contributed by atoms with E-state index >= 15 is 0 Å². The highest BCUT2D eigenvalue weighted by Crippen LogP contribution is 2.31. The summed E-state index contributed by atoms with van der Waals surface area (Å²) in [4.78, 5) is 22.6. The van der Waals surface area contributed by atoms with Crippen LogP contribution < -0.4 is 10.6 Å². The first-order chi connectivity index (χ1) is 9.95. The van der Waals surface area contributed by atoms with Gasteiger partial charge in [0, 0.05) is 6.54 Å². The number of nitrogens with one attached hydrogen (secondary N) is 2. The number of rotatable bonds is 7. The van der Waals surface area contributed by atoms with Crippen molar-refractivity contribution in [1.29, 1.82) is 0 Å². The van der Waals surface area contributed by atoms with Crippen molar-refractivity contribution in [3.63, 3.8) is 0 Å². The summed E-state index contributed by atoms with van der Waals surface area (Å²) in [5, 5.41) is 14.3. The van der Waals surface area contributed by atoms with Gasteiger partial charge in [0.2, 0.25) is 0 Å². The molecule has 0 saturated carbocycles. The monoisotopic (exact) mass is 332 g/mol. The lowest BCUT2D eigenvalue weighted by atomic mass is 10.2. The Morgan fingerprint density at radius 3 is 2.29 bits per heavy atom. The minimum Gasteiger partial charge on any atom is -0.478 e. The zero-order valence-electron chi connectivity index (χ0n) is 11.7. The Bertz CT molecular complexity index is 498. The van der Waals surface area contributed by atoms with Gasteiger partial charge in [-0.25, -0.2) is 9.59 Å². The molecular formula is C14H18Cl2N2O3.